The lowest BCUT2D eigenvalue weighted by Gasteiger charge is -2.18. The van der Waals surface area contributed by atoms with Crippen LogP contribution in [0.2, 0.25) is 0 Å². The Morgan fingerprint density at radius 2 is 1.71 bits per heavy atom. The second-order valence-electron chi connectivity index (χ2n) is 8.29. The standard InChI is InChI=1S/C27H34N2O5/c1-7-9-10-20(8-2)33-27(30)29-21-13-18(4)23(14-17(21)3)34-26-12-11-19-15-24(31-5)25(32-6)16-22(19)28-26/h11-16,20H,7-10H2,1-6H3,(H,29,30). The maximum Gasteiger partial charge on any atom is 0.411 e. The van der Waals surface area contributed by atoms with Gasteiger partial charge in [-0.2, -0.15) is 0 Å². The number of ether oxygens (including phenoxy) is 4. The van der Waals surface area contributed by atoms with Crippen LogP contribution in [0.5, 0.6) is 23.1 Å². The van der Waals surface area contributed by atoms with Gasteiger partial charge in [0.2, 0.25) is 5.88 Å². The molecular weight excluding hydrogens is 432 g/mol. The smallest absolute Gasteiger partial charge is 0.411 e. The minimum absolute atomic E-state index is 0.0680. The number of fused-ring (bicyclic) bond motifs is 1. The molecule has 0 aliphatic heterocycles. The number of carbonyl (C=O) groups excluding carboxylic acids is 1. The van der Waals surface area contributed by atoms with Gasteiger partial charge in [0.05, 0.1) is 19.7 Å². The SMILES string of the molecule is CCCCC(CC)OC(=O)Nc1cc(C)c(Oc2ccc3cc(OC)c(OC)cc3n2)cc1C. The van der Waals surface area contributed by atoms with E-state index in [9.17, 15) is 4.79 Å². The van der Waals surface area contributed by atoms with E-state index in [1.165, 1.54) is 0 Å². The lowest BCUT2D eigenvalue weighted by molar-refractivity contribution is 0.101. The van der Waals surface area contributed by atoms with E-state index >= 15 is 0 Å². The normalized spacial score (nSPS) is 11.7. The highest BCUT2D eigenvalue weighted by molar-refractivity contribution is 5.86. The van der Waals surface area contributed by atoms with Crippen LogP contribution in [0.3, 0.4) is 0 Å². The first-order chi connectivity index (χ1) is 16.4. The van der Waals surface area contributed by atoms with Crippen LogP contribution < -0.4 is 19.5 Å². The van der Waals surface area contributed by atoms with Crippen molar-refractivity contribution in [3.63, 3.8) is 0 Å². The number of anilines is 1. The van der Waals surface area contributed by atoms with Crippen LogP contribution in [0.25, 0.3) is 10.9 Å². The molecule has 1 amide bonds. The second kappa shape index (κ2) is 11.6. The van der Waals surface area contributed by atoms with Crippen molar-refractivity contribution in [2.75, 3.05) is 19.5 Å². The zero-order chi connectivity index (χ0) is 24.7. The molecule has 0 fully saturated rings. The van der Waals surface area contributed by atoms with Gasteiger partial charge in [0.25, 0.3) is 0 Å². The van der Waals surface area contributed by atoms with E-state index in [-0.39, 0.29) is 6.10 Å². The number of nitrogens with zero attached hydrogens (tertiary/aromatic N) is 1. The third kappa shape index (κ3) is 6.10. The fourth-order valence-electron chi connectivity index (χ4n) is 3.70. The predicted molar refractivity (Wildman–Crippen MR) is 135 cm³/mol. The number of hydrogen-bond acceptors (Lipinski definition) is 6. The summed E-state index contributed by atoms with van der Waals surface area (Å²) >= 11 is 0. The van der Waals surface area contributed by atoms with Crippen molar-refractivity contribution in [1.82, 2.24) is 4.98 Å². The summed E-state index contributed by atoms with van der Waals surface area (Å²) in [7, 11) is 3.20. The van der Waals surface area contributed by atoms with Gasteiger partial charge in [-0.3, -0.25) is 5.32 Å². The van der Waals surface area contributed by atoms with Crippen LogP contribution in [0, 0.1) is 13.8 Å². The van der Waals surface area contributed by atoms with Crippen molar-refractivity contribution in [3.05, 3.63) is 47.5 Å². The van der Waals surface area contributed by atoms with Gasteiger partial charge in [-0.1, -0.05) is 26.7 Å². The highest BCUT2D eigenvalue weighted by Gasteiger charge is 2.15. The Morgan fingerprint density at radius 1 is 0.971 bits per heavy atom. The molecule has 1 heterocycles. The van der Waals surface area contributed by atoms with E-state index in [1.54, 1.807) is 14.2 Å². The summed E-state index contributed by atoms with van der Waals surface area (Å²) in [6, 6.07) is 11.2. The Bertz CT molecular complexity index is 1150. The van der Waals surface area contributed by atoms with Crippen LogP contribution in [0.1, 0.15) is 50.7 Å². The average Bonchev–Trinajstić information content (AvgIpc) is 2.83. The molecule has 0 saturated carbocycles. The Morgan fingerprint density at radius 3 is 2.38 bits per heavy atom. The van der Waals surface area contributed by atoms with Crippen LogP contribution >= 0.6 is 0 Å². The maximum absolute atomic E-state index is 12.4. The zero-order valence-corrected chi connectivity index (χ0v) is 20.9. The molecule has 2 aromatic carbocycles. The first-order valence-corrected chi connectivity index (χ1v) is 11.7. The summed E-state index contributed by atoms with van der Waals surface area (Å²) in [5, 5.41) is 3.79. The minimum Gasteiger partial charge on any atom is -0.493 e. The van der Waals surface area contributed by atoms with Crippen LogP contribution in [-0.2, 0) is 4.74 Å². The second-order valence-corrected chi connectivity index (χ2v) is 8.29. The molecule has 1 unspecified atom stereocenters. The third-order valence-electron chi connectivity index (χ3n) is 5.75. The molecule has 0 radical (unpaired) electrons. The average molecular weight is 467 g/mol. The number of methoxy groups -OCH3 is 2. The summed E-state index contributed by atoms with van der Waals surface area (Å²) in [6.07, 6.45) is 3.30. The van der Waals surface area contributed by atoms with Gasteiger partial charge in [-0.15, -0.1) is 0 Å². The van der Waals surface area contributed by atoms with E-state index in [2.05, 4.69) is 17.2 Å². The molecule has 0 spiro atoms. The number of aromatic nitrogens is 1. The Labute approximate surface area is 201 Å². The van der Waals surface area contributed by atoms with Gasteiger partial charge < -0.3 is 18.9 Å². The summed E-state index contributed by atoms with van der Waals surface area (Å²) in [4.78, 5) is 17.0. The molecule has 7 nitrogen and oxygen atoms in total. The quantitative estimate of drug-likeness (QED) is 0.341. The molecule has 0 aliphatic carbocycles. The number of pyridine rings is 1. The number of hydrogen-bond donors (Lipinski definition) is 1. The van der Waals surface area contributed by atoms with Gasteiger partial charge in [0.15, 0.2) is 11.5 Å². The van der Waals surface area contributed by atoms with Crippen LogP contribution in [0.15, 0.2) is 36.4 Å². The molecule has 1 aromatic heterocycles. The fraction of sp³-hybridized carbons (Fsp3) is 0.407. The number of amides is 1. The summed E-state index contributed by atoms with van der Waals surface area (Å²) < 4.78 is 22.4. The molecule has 34 heavy (non-hydrogen) atoms. The molecule has 0 bridgehead atoms. The predicted octanol–water partition coefficient (Wildman–Crippen LogP) is 7.18. The Hall–Kier alpha value is -3.48. The molecule has 1 atom stereocenters. The molecule has 3 rings (SSSR count). The lowest BCUT2D eigenvalue weighted by Crippen LogP contribution is -2.22. The maximum atomic E-state index is 12.4. The van der Waals surface area contributed by atoms with E-state index in [4.69, 9.17) is 18.9 Å². The fourth-order valence-corrected chi connectivity index (χ4v) is 3.70. The highest BCUT2D eigenvalue weighted by Crippen LogP contribution is 2.34. The molecule has 3 aromatic rings. The number of nitrogens with one attached hydrogen (secondary N) is 1. The monoisotopic (exact) mass is 466 g/mol. The molecule has 0 saturated heterocycles. The van der Waals surface area contributed by atoms with E-state index in [0.717, 1.165) is 47.7 Å². The Balaban J connectivity index is 1.75. The molecular formula is C27H34N2O5. The Kier molecular flexibility index (Phi) is 8.57. The van der Waals surface area contributed by atoms with Crippen molar-refractivity contribution in [3.8, 4) is 23.1 Å². The van der Waals surface area contributed by atoms with Gasteiger partial charge in [0.1, 0.15) is 11.9 Å². The van der Waals surface area contributed by atoms with Crippen molar-refractivity contribution < 1.29 is 23.7 Å². The van der Waals surface area contributed by atoms with Crippen molar-refractivity contribution in [2.45, 2.75) is 59.5 Å². The van der Waals surface area contributed by atoms with E-state index in [0.29, 0.717) is 28.8 Å². The van der Waals surface area contributed by atoms with E-state index in [1.807, 2.05) is 57.2 Å². The minimum atomic E-state index is -0.431. The van der Waals surface area contributed by atoms with Gasteiger partial charge in [-0.05, 0) is 62.1 Å². The molecule has 7 heteroatoms. The first kappa shape index (κ1) is 25.1. The van der Waals surface area contributed by atoms with Gasteiger partial charge in [0, 0.05) is 23.2 Å². The van der Waals surface area contributed by atoms with Gasteiger partial charge >= 0.3 is 6.09 Å². The third-order valence-corrected chi connectivity index (χ3v) is 5.75. The molecule has 0 aliphatic rings. The number of carbonyl (C=O) groups is 1. The van der Waals surface area contributed by atoms with Crippen molar-refractivity contribution >= 4 is 22.7 Å². The summed E-state index contributed by atoms with van der Waals surface area (Å²) in [5.74, 6) is 2.38. The molecule has 182 valence electrons. The highest BCUT2D eigenvalue weighted by atomic mass is 16.6. The van der Waals surface area contributed by atoms with Crippen molar-refractivity contribution in [2.24, 2.45) is 0 Å². The number of benzene rings is 2. The molecule has 1 N–H and O–H groups in total. The first-order valence-electron chi connectivity index (χ1n) is 11.7. The number of unbranched alkanes of at least 4 members (excludes halogenated alkanes) is 1. The van der Waals surface area contributed by atoms with Crippen LogP contribution in [-0.4, -0.2) is 31.4 Å². The van der Waals surface area contributed by atoms with Gasteiger partial charge in [-0.25, -0.2) is 9.78 Å². The zero-order valence-electron chi connectivity index (χ0n) is 20.9. The van der Waals surface area contributed by atoms with Crippen molar-refractivity contribution in [1.29, 1.82) is 0 Å². The number of aryl methyl sites for hydroxylation is 2. The topological polar surface area (TPSA) is 78.9 Å². The summed E-state index contributed by atoms with van der Waals surface area (Å²) in [6.45, 7) is 8.00. The summed E-state index contributed by atoms with van der Waals surface area (Å²) in [5.41, 5.74) is 3.17. The largest absolute Gasteiger partial charge is 0.493 e. The van der Waals surface area contributed by atoms with E-state index < -0.39 is 6.09 Å². The lowest BCUT2D eigenvalue weighted by atomic mass is 10.1. The van der Waals surface area contributed by atoms with Crippen LogP contribution in [0.4, 0.5) is 10.5 Å². The number of rotatable bonds is 10.